The molecule has 3 rings (SSSR count). The minimum absolute atomic E-state index is 0.0495. The highest BCUT2D eigenvalue weighted by Crippen LogP contribution is 2.35. The number of benzene rings is 2. The second-order valence-electron chi connectivity index (χ2n) is 9.92. The van der Waals surface area contributed by atoms with Crippen molar-refractivity contribution in [2.45, 2.75) is 44.2 Å². The van der Waals surface area contributed by atoms with Crippen molar-refractivity contribution in [3.63, 3.8) is 0 Å². The zero-order valence-electron chi connectivity index (χ0n) is 22.0. The third kappa shape index (κ3) is 9.08. The Labute approximate surface area is 232 Å². The minimum Gasteiger partial charge on any atom is -0.508 e. The van der Waals surface area contributed by atoms with E-state index in [2.05, 4.69) is 26.3 Å². The number of rotatable bonds is 9. The first-order valence-corrected chi connectivity index (χ1v) is 12.3. The van der Waals surface area contributed by atoms with Crippen LogP contribution in [0.25, 0.3) is 0 Å². The van der Waals surface area contributed by atoms with E-state index >= 15 is 0 Å². The number of guanidine groups is 1. The van der Waals surface area contributed by atoms with Crippen molar-refractivity contribution in [2.24, 2.45) is 4.99 Å². The van der Waals surface area contributed by atoms with Gasteiger partial charge in [0.1, 0.15) is 5.75 Å². The van der Waals surface area contributed by atoms with E-state index in [4.69, 9.17) is 0 Å². The zero-order chi connectivity index (χ0) is 30.5. The van der Waals surface area contributed by atoms with E-state index in [1.165, 1.54) is 32.0 Å². The molecule has 8 N–H and O–H groups in total. The van der Waals surface area contributed by atoms with Gasteiger partial charge in [0.25, 0.3) is 5.91 Å². The van der Waals surface area contributed by atoms with Crippen molar-refractivity contribution < 1.29 is 48.0 Å². The summed E-state index contributed by atoms with van der Waals surface area (Å²) in [7, 11) is 0. The molecule has 15 heteroatoms. The number of amides is 2. The number of nitrogens with one attached hydrogen (secondary N) is 4. The molecule has 1 heterocycles. The number of halogens is 3. The number of nitrogens with zero attached hydrogens (tertiary/aromatic N) is 1. The normalized spacial score (nSPS) is 16.2. The van der Waals surface area contributed by atoms with E-state index in [0.29, 0.717) is 12.0 Å². The van der Waals surface area contributed by atoms with Crippen LogP contribution in [0.3, 0.4) is 0 Å². The maximum Gasteiger partial charge on any atom is 0.416 e. The van der Waals surface area contributed by atoms with Gasteiger partial charge >= 0.3 is 12.1 Å². The Morgan fingerprint density at radius 1 is 1.10 bits per heavy atom. The quantitative estimate of drug-likeness (QED) is 0.216. The number of aliphatic imine (C=N–C) groups is 1. The van der Waals surface area contributed by atoms with Gasteiger partial charge in [-0.25, -0.2) is 0 Å². The zero-order valence-corrected chi connectivity index (χ0v) is 22.0. The number of phenolic OH excluding ortho intramolecular Hbond substituents is 1. The van der Waals surface area contributed by atoms with Gasteiger partial charge in [0.2, 0.25) is 5.91 Å². The van der Waals surface area contributed by atoms with Crippen molar-refractivity contribution >= 4 is 29.4 Å². The molecule has 2 aromatic rings. The topological polar surface area (TPSA) is 193 Å². The Morgan fingerprint density at radius 2 is 1.78 bits per heavy atom. The van der Waals surface area contributed by atoms with Crippen molar-refractivity contribution in [3.8, 4) is 5.75 Å². The molecule has 0 aliphatic carbocycles. The number of hydrogen-bond acceptors (Lipinski definition) is 9. The van der Waals surface area contributed by atoms with Gasteiger partial charge in [0, 0.05) is 23.9 Å². The summed E-state index contributed by atoms with van der Waals surface area (Å²) in [5.74, 6) is -3.07. The summed E-state index contributed by atoms with van der Waals surface area (Å²) in [6.45, 7) is 2.25. The van der Waals surface area contributed by atoms with Crippen molar-refractivity contribution in [2.75, 3.05) is 25.0 Å². The number of carboxylic acid groups (broad SMARTS) is 1. The number of hydrogen-bond donors (Lipinski definition) is 8. The van der Waals surface area contributed by atoms with Crippen LogP contribution >= 0.6 is 0 Å². The molecule has 0 saturated heterocycles. The van der Waals surface area contributed by atoms with Gasteiger partial charge in [0.15, 0.2) is 5.96 Å². The number of anilines is 1. The molecule has 0 spiro atoms. The minimum atomic E-state index is -4.81. The molecule has 1 aliphatic rings. The smallest absolute Gasteiger partial charge is 0.416 e. The standard InChI is InChI=1S/C26H30F3N5O7/c1-25(2,41)15-3-13(4-16(7-15)26(27,28)29)20(9-22(38)39)34-21(37)12-30-23(40)14-5-17(8-18(35)6-14)33-24-31-10-19(36)11-32-24/h3-8,19-20,35-36,41H,9-12H2,1-2H3,(H,30,40)(H,34,37)(H,38,39)(H2,31,32,33)/t20-/m0/s1. The molecule has 0 radical (unpaired) electrons. The second-order valence-corrected chi connectivity index (χ2v) is 9.92. The molecule has 222 valence electrons. The number of alkyl halides is 3. The average molecular weight is 582 g/mol. The van der Waals surface area contributed by atoms with Crippen LogP contribution in [-0.2, 0) is 21.4 Å². The molecule has 2 amide bonds. The Hall–Kier alpha value is -4.37. The number of phenols is 1. The third-order valence-corrected chi connectivity index (χ3v) is 5.92. The fourth-order valence-electron chi connectivity index (χ4n) is 3.87. The molecule has 2 aromatic carbocycles. The fraction of sp³-hybridized carbons (Fsp3) is 0.385. The number of aliphatic hydroxyl groups excluding tert-OH is 1. The number of β-amino-alcohol motifs (C(OH)–C–C–N with tert-alkyl or cyclic N) is 1. The Morgan fingerprint density at radius 3 is 2.37 bits per heavy atom. The molecule has 12 nitrogen and oxygen atoms in total. The first-order chi connectivity index (χ1) is 19.0. The van der Waals surface area contributed by atoms with Crippen LogP contribution in [0.4, 0.5) is 18.9 Å². The first-order valence-electron chi connectivity index (χ1n) is 12.3. The Balaban J connectivity index is 1.74. The predicted octanol–water partition coefficient (Wildman–Crippen LogP) is 1.43. The second kappa shape index (κ2) is 12.4. The molecule has 41 heavy (non-hydrogen) atoms. The lowest BCUT2D eigenvalue weighted by Crippen LogP contribution is -2.42. The van der Waals surface area contributed by atoms with E-state index in [0.717, 1.165) is 12.1 Å². The molecular formula is C26H30F3N5O7. The van der Waals surface area contributed by atoms with E-state index in [1.54, 1.807) is 0 Å². The van der Waals surface area contributed by atoms with Crippen LogP contribution in [0.2, 0.25) is 0 Å². The van der Waals surface area contributed by atoms with Crippen LogP contribution in [0.15, 0.2) is 41.4 Å². The maximum absolute atomic E-state index is 13.5. The molecule has 0 bridgehead atoms. The summed E-state index contributed by atoms with van der Waals surface area (Å²) in [5.41, 5.74) is -2.95. The van der Waals surface area contributed by atoms with E-state index in [-0.39, 0.29) is 41.2 Å². The summed E-state index contributed by atoms with van der Waals surface area (Å²) in [5, 5.41) is 49.4. The summed E-state index contributed by atoms with van der Waals surface area (Å²) in [6, 6.07) is 4.99. The lowest BCUT2D eigenvalue weighted by atomic mass is 9.91. The SMILES string of the molecule is CC(C)(O)c1cc([C@H](CC(=O)O)NC(=O)CNC(=O)c2cc(O)cc(NC3=NCC(O)CN3)c2)cc(C(F)(F)F)c1. The van der Waals surface area contributed by atoms with E-state index in [1.807, 2.05) is 0 Å². The summed E-state index contributed by atoms with van der Waals surface area (Å²) >= 11 is 0. The van der Waals surface area contributed by atoms with Gasteiger partial charge in [-0.3, -0.25) is 19.4 Å². The molecule has 0 saturated carbocycles. The van der Waals surface area contributed by atoms with Gasteiger partial charge < -0.3 is 41.7 Å². The molecule has 1 unspecified atom stereocenters. The monoisotopic (exact) mass is 581 g/mol. The lowest BCUT2D eigenvalue weighted by molar-refractivity contribution is -0.138. The predicted molar refractivity (Wildman–Crippen MR) is 140 cm³/mol. The van der Waals surface area contributed by atoms with Gasteiger partial charge in [-0.2, -0.15) is 13.2 Å². The van der Waals surface area contributed by atoms with E-state index in [9.17, 15) is 48.0 Å². The van der Waals surface area contributed by atoms with Gasteiger partial charge in [-0.15, -0.1) is 0 Å². The van der Waals surface area contributed by atoms with Gasteiger partial charge in [-0.1, -0.05) is 6.07 Å². The molecule has 0 aromatic heterocycles. The highest BCUT2D eigenvalue weighted by atomic mass is 19.4. The lowest BCUT2D eigenvalue weighted by Gasteiger charge is -2.24. The van der Waals surface area contributed by atoms with Crippen LogP contribution in [0.1, 0.15) is 53.4 Å². The van der Waals surface area contributed by atoms with Crippen LogP contribution in [0.5, 0.6) is 5.75 Å². The molecular weight excluding hydrogens is 551 g/mol. The highest BCUT2D eigenvalue weighted by molar-refractivity contribution is 6.00. The van der Waals surface area contributed by atoms with Crippen LogP contribution in [0, 0.1) is 0 Å². The van der Waals surface area contributed by atoms with Crippen LogP contribution in [-0.4, -0.2) is 69.9 Å². The van der Waals surface area contributed by atoms with Gasteiger partial charge in [0.05, 0.1) is 42.8 Å². The van der Waals surface area contributed by atoms with Gasteiger partial charge in [-0.05, 0) is 49.2 Å². The number of carboxylic acids is 1. The first kappa shape index (κ1) is 31.2. The fourth-order valence-corrected chi connectivity index (χ4v) is 3.87. The average Bonchev–Trinajstić information content (AvgIpc) is 2.86. The highest BCUT2D eigenvalue weighted by Gasteiger charge is 2.34. The van der Waals surface area contributed by atoms with Crippen molar-refractivity contribution in [1.29, 1.82) is 0 Å². The third-order valence-electron chi connectivity index (χ3n) is 5.92. The number of carbonyl (C=O) groups is 3. The summed E-state index contributed by atoms with van der Waals surface area (Å²) in [4.78, 5) is 40.8. The molecule has 1 aliphatic heterocycles. The Kier molecular flexibility index (Phi) is 9.45. The number of aliphatic hydroxyl groups is 2. The largest absolute Gasteiger partial charge is 0.508 e. The van der Waals surface area contributed by atoms with Crippen LogP contribution < -0.4 is 21.3 Å². The molecule has 0 fully saturated rings. The maximum atomic E-state index is 13.5. The Bertz CT molecular complexity index is 1310. The number of aliphatic carboxylic acids is 1. The number of carbonyl (C=O) groups excluding carboxylic acids is 2. The van der Waals surface area contributed by atoms with Crippen molar-refractivity contribution in [1.82, 2.24) is 16.0 Å². The van der Waals surface area contributed by atoms with Crippen molar-refractivity contribution in [3.05, 3.63) is 58.7 Å². The summed E-state index contributed by atoms with van der Waals surface area (Å²) in [6.07, 6.45) is -6.23. The molecule has 2 atom stereocenters. The van der Waals surface area contributed by atoms with E-state index < -0.39 is 60.2 Å². The summed E-state index contributed by atoms with van der Waals surface area (Å²) < 4.78 is 40.6. The number of aromatic hydroxyl groups is 1.